The molecule has 1 aliphatic heterocycles. The molecule has 1 aliphatic rings. The lowest BCUT2D eigenvalue weighted by atomic mass is 10.0. The number of hydrogen-bond acceptors (Lipinski definition) is 3. The molecular formula is C24H31ClN2O2. The molecule has 2 aromatic carbocycles. The summed E-state index contributed by atoms with van der Waals surface area (Å²) in [6, 6.07) is 18.1. The molecule has 1 saturated heterocycles. The molecule has 0 radical (unpaired) electrons. The lowest BCUT2D eigenvalue weighted by Gasteiger charge is -2.39. The van der Waals surface area contributed by atoms with Crippen LogP contribution in [-0.4, -0.2) is 61.6 Å². The number of halogens is 1. The van der Waals surface area contributed by atoms with Crippen LogP contribution in [0.2, 0.25) is 5.02 Å². The number of ether oxygens (including phenoxy) is 1. The first kappa shape index (κ1) is 21.8. The number of methoxy groups -OCH3 is 1. The van der Waals surface area contributed by atoms with Gasteiger partial charge < -0.3 is 14.5 Å². The van der Waals surface area contributed by atoms with Crippen molar-refractivity contribution < 1.29 is 9.53 Å². The summed E-state index contributed by atoms with van der Waals surface area (Å²) in [7, 11) is 1.71. The molecule has 0 spiro atoms. The Bertz CT molecular complexity index is 751. The highest BCUT2D eigenvalue weighted by Crippen LogP contribution is 2.20. The quantitative estimate of drug-likeness (QED) is 0.565. The van der Waals surface area contributed by atoms with Crippen LogP contribution in [0.5, 0.6) is 0 Å². The van der Waals surface area contributed by atoms with Crippen LogP contribution in [-0.2, 0) is 11.2 Å². The van der Waals surface area contributed by atoms with Crippen molar-refractivity contribution in [1.82, 2.24) is 9.80 Å². The molecule has 1 amide bonds. The van der Waals surface area contributed by atoms with Crippen molar-refractivity contribution in [1.29, 1.82) is 0 Å². The number of carbonyl (C=O) groups excluding carboxylic acids is 1. The van der Waals surface area contributed by atoms with Crippen molar-refractivity contribution in [2.75, 3.05) is 39.9 Å². The van der Waals surface area contributed by atoms with E-state index in [9.17, 15) is 4.79 Å². The third-order valence-electron chi connectivity index (χ3n) is 5.58. The van der Waals surface area contributed by atoms with Gasteiger partial charge in [0.1, 0.15) is 0 Å². The van der Waals surface area contributed by atoms with Crippen molar-refractivity contribution in [2.45, 2.75) is 31.7 Å². The molecule has 156 valence electrons. The van der Waals surface area contributed by atoms with E-state index >= 15 is 0 Å². The van der Waals surface area contributed by atoms with Gasteiger partial charge in [0.2, 0.25) is 0 Å². The van der Waals surface area contributed by atoms with E-state index in [-0.39, 0.29) is 11.9 Å². The fourth-order valence-corrected chi connectivity index (χ4v) is 4.13. The second-order valence-corrected chi connectivity index (χ2v) is 8.12. The molecule has 0 N–H and O–H groups in total. The van der Waals surface area contributed by atoms with Gasteiger partial charge in [-0.2, -0.15) is 0 Å². The summed E-state index contributed by atoms with van der Waals surface area (Å²) in [5, 5.41) is 0.650. The maximum atomic E-state index is 13.3. The standard InChI is InChI=1S/C24H31ClN2O2/c1-29-18-6-16-27(24(28)21-10-12-22(25)13-11-21)23-9-5-15-26(19-23)17-14-20-7-3-2-4-8-20/h2-4,7-8,10-13,23H,5-6,9,14-19H2,1H3/t23-/m0/s1. The van der Waals surface area contributed by atoms with Gasteiger partial charge in [-0.15, -0.1) is 0 Å². The molecule has 0 aliphatic carbocycles. The second-order valence-electron chi connectivity index (χ2n) is 7.68. The number of benzene rings is 2. The number of carbonyl (C=O) groups is 1. The zero-order valence-electron chi connectivity index (χ0n) is 17.2. The Kier molecular flexibility index (Phi) is 8.53. The van der Waals surface area contributed by atoms with Gasteiger partial charge in [0.25, 0.3) is 5.91 Å². The van der Waals surface area contributed by atoms with Gasteiger partial charge in [-0.3, -0.25) is 4.79 Å². The molecule has 5 heteroatoms. The monoisotopic (exact) mass is 414 g/mol. The summed E-state index contributed by atoms with van der Waals surface area (Å²) in [6.45, 7) is 4.44. The SMILES string of the molecule is COCCCN(C(=O)c1ccc(Cl)cc1)[C@H]1CCCN(CCc2ccccc2)C1. The molecule has 4 nitrogen and oxygen atoms in total. The smallest absolute Gasteiger partial charge is 0.254 e. The first-order valence-electron chi connectivity index (χ1n) is 10.5. The third kappa shape index (κ3) is 6.56. The van der Waals surface area contributed by atoms with Gasteiger partial charge >= 0.3 is 0 Å². The van der Waals surface area contributed by atoms with Crippen LogP contribution in [0.25, 0.3) is 0 Å². The van der Waals surface area contributed by atoms with Gasteiger partial charge in [-0.25, -0.2) is 0 Å². The van der Waals surface area contributed by atoms with Crippen molar-refractivity contribution >= 4 is 17.5 Å². The van der Waals surface area contributed by atoms with Crippen molar-refractivity contribution in [3.8, 4) is 0 Å². The molecule has 3 rings (SSSR count). The third-order valence-corrected chi connectivity index (χ3v) is 5.83. The Hall–Kier alpha value is -1.88. The summed E-state index contributed by atoms with van der Waals surface area (Å²) in [5.74, 6) is 0.0904. The maximum Gasteiger partial charge on any atom is 0.254 e. The highest BCUT2D eigenvalue weighted by Gasteiger charge is 2.28. The molecule has 0 aromatic heterocycles. The molecule has 29 heavy (non-hydrogen) atoms. The Morgan fingerprint density at radius 1 is 1.17 bits per heavy atom. The van der Waals surface area contributed by atoms with E-state index in [0.29, 0.717) is 23.7 Å². The number of hydrogen-bond donors (Lipinski definition) is 0. The molecule has 0 unspecified atom stereocenters. The predicted molar refractivity (Wildman–Crippen MR) is 119 cm³/mol. The van der Waals surface area contributed by atoms with E-state index in [1.807, 2.05) is 12.1 Å². The summed E-state index contributed by atoms with van der Waals surface area (Å²) in [4.78, 5) is 17.8. The van der Waals surface area contributed by atoms with Crippen LogP contribution in [0.15, 0.2) is 54.6 Å². The molecule has 0 bridgehead atoms. The minimum atomic E-state index is 0.0904. The number of nitrogens with zero attached hydrogens (tertiary/aromatic N) is 2. The summed E-state index contributed by atoms with van der Waals surface area (Å²) < 4.78 is 5.22. The second kappa shape index (κ2) is 11.3. The number of rotatable bonds is 9. The minimum absolute atomic E-state index is 0.0904. The molecule has 1 fully saturated rings. The average molecular weight is 415 g/mol. The van der Waals surface area contributed by atoms with Crippen LogP contribution in [0, 0.1) is 0 Å². The Balaban J connectivity index is 1.65. The highest BCUT2D eigenvalue weighted by atomic mass is 35.5. The van der Waals surface area contributed by atoms with Crippen molar-refractivity contribution in [3.63, 3.8) is 0 Å². The molecular weight excluding hydrogens is 384 g/mol. The number of amides is 1. The lowest BCUT2D eigenvalue weighted by molar-refractivity contribution is 0.0517. The largest absolute Gasteiger partial charge is 0.385 e. The van der Waals surface area contributed by atoms with E-state index in [2.05, 4.69) is 40.1 Å². The van der Waals surface area contributed by atoms with Gasteiger partial charge in [0.05, 0.1) is 0 Å². The fourth-order valence-electron chi connectivity index (χ4n) is 4.01. The summed E-state index contributed by atoms with van der Waals surface area (Å²) in [5.41, 5.74) is 2.07. The van der Waals surface area contributed by atoms with Crippen LogP contribution < -0.4 is 0 Å². The maximum absolute atomic E-state index is 13.3. The van der Waals surface area contributed by atoms with E-state index in [4.69, 9.17) is 16.3 Å². The first-order valence-corrected chi connectivity index (χ1v) is 10.9. The van der Waals surface area contributed by atoms with Crippen molar-refractivity contribution in [2.24, 2.45) is 0 Å². The van der Waals surface area contributed by atoms with Crippen LogP contribution in [0.4, 0.5) is 0 Å². The van der Waals surface area contributed by atoms with Crippen molar-refractivity contribution in [3.05, 3.63) is 70.7 Å². The number of piperidine rings is 1. The van der Waals surface area contributed by atoms with Gasteiger partial charge in [-0.1, -0.05) is 41.9 Å². The van der Waals surface area contributed by atoms with Gasteiger partial charge in [0.15, 0.2) is 0 Å². The molecule has 0 saturated carbocycles. The zero-order valence-corrected chi connectivity index (χ0v) is 18.0. The normalized spacial score (nSPS) is 17.2. The van der Waals surface area contributed by atoms with Gasteiger partial charge in [-0.05, 0) is 62.1 Å². The van der Waals surface area contributed by atoms with E-state index in [0.717, 1.165) is 45.3 Å². The predicted octanol–water partition coefficient (Wildman–Crippen LogP) is 4.53. The Morgan fingerprint density at radius 2 is 1.93 bits per heavy atom. The summed E-state index contributed by atoms with van der Waals surface area (Å²) >= 11 is 6.00. The average Bonchev–Trinajstić information content (AvgIpc) is 2.76. The lowest BCUT2D eigenvalue weighted by Crippen LogP contribution is -2.51. The Labute approximate surface area is 179 Å². The van der Waals surface area contributed by atoms with Crippen LogP contribution in [0.1, 0.15) is 35.2 Å². The Morgan fingerprint density at radius 3 is 2.66 bits per heavy atom. The zero-order chi connectivity index (χ0) is 20.5. The molecule has 1 heterocycles. The fraction of sp³-hybridized carbons (Fsp3) is 0.458. The molecule has 2 aromatic rings. The number of likely N-dealkylation sites (tertiary alicyclic amines) is 1. The van der Waals surface area contributed by atoms with E-state index in [1.165, 1.54) is 5.56 Å². The highest BCUT2D eigenvalue weighted by molar-refractivity contribution is 6.30. The first-order chi connectivity index (χ1) is 14.2. The topological polar surface area (TPSA) is 32.8 Å². The van der Waals surface area contributed by atoms with Crippen LogP contribution >= 0.6 is 11.6 Å². The summed E-state index contributed by atoms with van der Waals surface area (Å²) in [6.07, 6.45) is 4.06. The van der Waals surface area contributed by atoms with E-state index < -0.39 is 0 Å². The minimum Gasteiger partial charge on any atom is -0.385 e. The van der Waals surface area contributed by atoms with Gasteiger partial charge in [0, 0.05) is 50.0 Å². The molecule has 1 atom stereocenters. The van der Waals surface area contributed by atoms with E-state index in [1.54, 1.807) is 19.2 Å². The van der Waals surface area contributed by atoms with Crippen LogP contribution in [0.3, 0.4) is 0 Å².